The van der Waals surface area contributed by atoms with E-state index in [9.17, 15) is 14.7 Å². The molecule has 0 aliphatic heterocycles. The zero-order valence-corrected chi connectivity index (χ0v) is 16.5. The largest absolute Gasteiger partial charge is 0.494 e. The molecule has 0 saturated carbocycles. The number of rotatable bonds is 6. The van der Waals surface area contributed by atoms with Gasteiger partial charge in [0.1, 0.15) is 10.6 Å². The number of aromatic amines is 1. The van der Waals surface area contributed by atoms with E-state index in [0.29, 0.717) is 17.2 Å². The van der Waals surface area contributed by atoms with Crippen LogP contribution in [-0.4, -0.2) is 47.7 Å². The smallest absolute Gasteiger partial charge is 0.341 e. The highest BCUT2D eigenvalue weighted by Crippen LogP contribution is 2.41. The lowest BCUT2D eigenvalue weighted by Gasteiger charge is -2.10. The molecule has 2 N–H and O–H groups in total. The van der Waals surface area contributed by atoms with E-state index in [1.807, 2.05) is 0 Å². The zero-order chi connectivity index (χ0) is 19.6. The Morgan fingerprint density at radius 1 is 1.44 bits per heavy atom. The molecule has 0 amide bonds. The number of aromatic nitrogens is 2. The molecule has 2 aromatic rings. The second-order valence-corrected chi connectivity index (χ2v) is 7.40. The van der Waals surface area contributed by atoms with E-state index in [-0.39, 0.29) is 22.8 Å². The van der Waals surface area contributed by atoms with Crippen molar-refractivity contribution < 1.29 is 19.4 Å². The molecule has 0 radical (unpaired) electrons. The molecule has 3 rings (SSSR count). The molecular formula is C17H19N3O5S2. The summed E-state index contributed by atoms with van der Waals surface area (Å²) >= 11 is 6.48. The lowest BCUT2D eigenvalue weighted by molar-refractivity contribution is 0.0601. The zero-order valence-electron chi connectivity index (χ0n) is 14.9. The fraction of sp³-hybridized carbons (Fsp3) is 0.412. The van der Waals surface area contributed by atoms with Crippen molar-refractivity contribution in [1.82, 2.24) is 9.55 Å². The van der Waals surface area contributed by atoms with Crippen molar-refractivity contribution in [3.8, 4) is 5.88 Å². The number of carbonyl (C=O) groups excluding carboxylic acids is 1. The maximum atomic E-state index is 12.2. The number of aryl methyl sites for hydroxylation is 1. The summed E-state index contributed by atoms with van der Waals surface area (Å²) in [5, 5.41) is 10.9. The number of nitrogens with one attached hydrogen (secondary N) is 1. The predicted octanol–water partition coefficient (Wildman–Crippen LogP) is 2.35. The van der Waals surface area contributed by atoms with Crippen LogP contribution in [0.3, 0.4) is 0 Å². The molecule has 2 aromatic heterocycles. The molecule has 0 spiro atoms. The molecule has 1 aliphatic carbocycles. The lowest BCUT2D eigenvalue weighted by Crippen LogP contribution is -2.20. The van der Waals surface area contributed by atoms with Crippen molar-refractivity contribution in [2.75, 3.05) is 20.8 Å². The van der Waals surface area contributed by atoms with Gasteiger partial charge in [-0.15, -0.1) is 11.3 Å². The summed E-state index contributed by atoms with van der Waals surface area (Å²) < 4.78 is 11.3. The number of hydrogen-bond donors (Lipinski definition) is 2. The van der Waals surface area contributed by atoms with E-state index in [4.69, 9.17) is 21.7 Å². The first-order valence-electron chi connectivity index (χ1n) is 8.29. The fourth-order valence-corrected chi connectivity index (χ4v) is 4.49. The summed E-state index contributed by atoms with van der Waals surface area (Å²) in [7, 11) is 2.85. The summed E-state index contributed by atoms with van der Waals surface area (Å²) in [6, 6.07) is 0. The minimum atomic E-state index is -0.557. The number of thiophene rings is 1. The van der Waals surface area contributed by atoms with Crippen LogP contribution in [0.25, 0.3) is 0 Å². The van der Waals surface area contributed by atoms with Crippen LogP contribution in [0.15, 0.2) is 9.79 Å². The Morgan fingerprint density at radius 3 is 2.93 bits per heavy atom. The molecule has 1 aliphatic rings. The summed E-state index contributed by atoms with van der Waals surface area (Å²) in [6.45, 7) is 0.591. The maximum absolute atomic E-state index is 12.2. The Kier molecular flexibility index (Phi) is 5.88. The van der Waals surface area contributed by atoms with Gasteiger partial charge in [0.2, 0.25) is 5.88 Å². The average molecular weight is 409 g/mol. The number of ether oxygens (including phenoxy) is 2. The number of fused-ring (bicyclic) bond motifs is 1. The van der Waals surface area contributed by atoms with Gasteiger partial charge in [-0.05, 0) is 37.0 Å². The first-order valence-corrected chi connectivity index (χ1v) is 9.52. The van der Waals surface area contributed by atoms with E-state index in [1.165, 1.54) is 36.3 Å². The number of esters is 1. The van der Waals surface area contributed by atoms with Gasteiger partial charge >= 0.3 is 5.97 Å². The monoisotopic (exact) mass is 409 g/mol. The molecule has 8 nitrogen and oxygen atoms in total. The second-order valence-electron chi connectivity index (χ2n) is 5.93. The standard InChI is InChI=1S/C17H19N3O5S2/c1-24-7-6-20-15(22)10(13(21)19-17(20)26)8-18-14-12(16(23)25-2)9-4-3-5-11(9)27-14/h8,22H,3-7H2,1-2H3,(H,19,21,26)/b18-8+. The van der Waals surface area contributed by atoms with Crippen LogP contribution < -0.4 is 5.56 Å². The van der Waals surface area contributed by atoms with Crippen molar-refractivity contribution in [3.63, 3.8) is 0 Å². The summed E-state index contributed by atoms with van der Waals surface area (Å²) in [6.07, 6.45) is 3.95. The Labute approximate surface area is 164 Å². The highest BCUT2D eigenvalue weighted by molar-refractivity contribution is 7.71. The van der Waals surface area contributed by atoms with Crippen molar-refractivity contribution in [2.45, 2.75) is 25.8 Å². The van der Waals surface area contributed by atoms with Gasteiger partial charge in [0.15, 0.2) is 4.77 Å². The van der Waals surface area contributed by atoms with E-state index in [2.05, 4.69) is 9.98 Å². The van der Waals surface area contributed by atoms with Crippen molar-refractivity contribution in [3.05, 3.63) is 36.7 Å². The molecule has 0 bridgehead atoms. The van der Waals surface area contributed by atoms with Crippen LogP contribution >= 0.6 is 23.6 Å². The van der Waals surface area contributed by atoms with Gasteiger partial charge in [-0.3, -0.25) is 14.3 Å². The molecule has 27 heavy (non-hydrogen) atoms. The third-order valence-corrected chi connectivity index (χ3v) is 5.85. The van der Waals surface area contributed by atoms with Gasteiger partial charge in [0.25, 0.3) is 5.56 Å². The van der Waals surface area contributed by atoms with E-state index in [1.54, 1.807) is 0 Å². The van der Waals surface area contributed by atoms with Gasteiger partial charge in [0.05, 0.1) is 25.8 Å². The number of aliphatic imine (C=N–C) groups is 1. The number of carbonyl (C=O) groups is 1. The Hall–Kier alpha value is -2.30. The fourth-order valence-electron chi connectivity index (χ4n) is 3.00. The highest BCUT2D eigenvalue weighted by atomic mass is 32.1. The van der Waals surface area contributed by atoms with E-state index < -0.39 is 11.5 Å². The normalized spacial score (nSPS) is 13.3. The first-order chi connectivity index (χ1) is 13.0. The van der Waals surface area contributed by atoms with Crippen molar-refractivity contribution >= 4 is 40.7 Å². The Morgan fingerprint density at radius 2 is 2.22 bits per heavy atom. The van der Waals surface area contributed by atoms with Crippen molar-refractivity contribution in [2.24, 2.45) is 4.99 Å². The Bertz CT molecular complexity index is 1020. The second kappa shape index (κ2) is 8.15. The minimum absolute atomic E-state index is 0.0379. The number of methoxy groups -OCH3 is 2. The van der Waals surface area contributed by atoms with Gasteiger partial charge < -0.3 is 14.6 Å². The summed E-state index contributed by atoms with van der Waals surface area (Å²) in [5.74, 6) is -0.746. The Balaban J connectivity index is 2.04. The molecule has 0 unspecified atom stereocenters. The minimum Gasteiger partial charge on any atom is -0.494 e. The molecule has 0 saturated heterocycles. The number of aromatic hydroxyl groups is 1. The number of hydrogen-bond acceptors (Lipinski definition) is 8. The van der Waals surface area contributed by atoms with Crippen LogP contribution in [0.1, 0.15) is 32.8 Å². The quantitative estimate of drug-likeness (QED) is 0.431. The third kappa shape index (κ3) is 3.73. The van der Waals surface area contributed by atoms with E-state index >= 15 is 0 Å². The van der Waals surface area contributed by atoms with Gasteiger partial charge in [-0.1, -0.05) is 0 Å². The third-order valence-electron chi connectivity index (χ3n) is 4.33. The molecule has 0 fully saturated rings. The SMILES string of the molecule is COCCn1c(O)c(/C=N/c2sc3c(c2C(=O)OC)CCC3)c(=O)[nH]c1=S. The molecule has 10 heteroatoms. The topological polar surface area (TPSA) is 106 Å². The van der Waals surface area contributed by atoms with Crippen LogP contribution in [0.2, 0.25) is 0 Å². The van der Waals surface area contributed by atoms with Gasteiger partial charge in [-0.25, -0.2) is 9.79 Å². The van der Waals surface area contributed by atoms with Crippen LogP contribution in [0.5, 0.6) is 5.88 Å². The van der Waals surface area contributed by atoms with Gasteiger partial charge in [-0.2, -0.15) is 0 Å². The van der Waals surface area contributed by atoms with Crippen LogP contribution in [-0.2, 0) is 28.9 Å². The molecule has 2 heterocycles. The lowest BCUT2D eigenvalue weighted by atomic mass is 10.1. The predicted molar refractivity (Wildman–Crippen MR) is 104 cm³/mol. The first kappa shape index (κ1) is 19.5. The van der Waals surface area contributed by atoms with Crippen molar-refractivity contribution in [1.29, 1.82) is 0 Å². The summed E-state index contributed by atoms with van der Waals surface area (Å²) in [4.78, 5) is 32.3. The van der Waals surface area contributed by atoms with E-state index in [0.717, 1.165) is 29.7 Å². The molecule has 0 atom stereocenters. The van der Waals surface area contributed by atoms with Gasteiger partial charge in [0, 0.05) is 18.2 Å². The van der Waals surface area contributed by atoms with Crippen LogP contribution in [0.4, 0.5) is 5.00 Å². The molecular weight excluding hydrogens is 390 g/mol. The molecule has 0 aromatic carbocycles. The van der Waals surface area contributed by atoms with Crippen LogP contribution in [0, 0.1) is 4.77 Å². The average Bonchev–Trinajstić information content (AvgIpc) is 3.21. The summed E-state index contributed by atoms with van der Waals surface area (Å²) in [5.41, 5.74) is 0.810. The maximum Gasteiger partial charge on any atom is 0.341 e. The molecule has 144 valence electrons. The number of H-pyrrole nitrogens is 1. The number of nitrogens with zero attached hydrogens (tertiary/aromatic N) is 2. The highest BCUT2D eigenvalue weighted by Gasteiger charge is 2.27.